The molecule has 4 N–H and O–H groups in total. The Labute approximate surface area is 264 Å². The third-order valence-corrected chi connectivity index (χ3v) is 8.16. The largest absolute Gasteiger partial charge is 0.492 e. The predicted molar refractivity (Wildman–Crippen MR) is 169 cm³/mol. The summed E-state index contributed by atoms with van der Waals surface area (Å²) in [6.45, 7) is 5.28. The zero-order chi connectivity index (χ0) is 31.5. The van der Waals surface area contributed by atoms with Crippen LogP contribution in [-0.2, 0) is 11.3 Å². The van der Waals surface area contributed by atoms with E-state index in [0.29, 0.717) is 40.4 Å². The molecule has 44 heavy (non-hydrogen) atoms. The number of fused-ring (bicyclic) bond motifs is 1. The number of carbonyl (C=O) groups excluding carboxylic acids is 2. The van der Waals surface area contributed by atoms with Gasteiger partial charge in [-0.2, -0.15) is 4.98 Å². The molecule has 0 spiro atoms. The van der Waals surface area contributed by atoms with Gasteiger partial charge in [-0.05, 0) is 25.3 Å². The van der Waals surface area contributed by atoms with Crippen molar-refractivity contribution >= 4 is 58.4 Å². The monoisotopic (exact) mass is 644 g/mol. The first-order valence-electron chi connectivity index (χ1n) is 13.9. The van der Waals surface area contributed by atoms with Crippen LogP contribution in [0.1, 0.15) is 27.2 Å². The molecule has 5 rings (SSSR count). The minimum absolute atomic E-state index is 0.00904. The third kappa shape index (κ3) is 6.27. The van der Waals surface area contributed by atoms with Crippen molar-refractivity contribution in [2.75, 3.05) is 78.3 Å². The van der Waals surface area contributed by atoms with Crippen LogP contribution >= 0.6 is 23.2 Å². The summed E-state index contributed by atoms with van der Waals surface area (Å²) >= 11 is 13.0. The SMILES string of the molecule is COc1c(Cl)cc(CN2C(=O)/C(=C\c3cc(C(=O)NCCN4CCN(C)CC4)c[nH]3)c3c(Cl)nc(N)nc32)c(OC)c1OC. The molecule has 234 valence electrons. The molecule has 4 heterocycles. The van der Waals surface area contributed by atoms with Crippen molar-refractivity contribution in [3.8, 4) is 17.2 Å². The van der Waals surface area contributed by atoms with Crippen LogP contribution in [0.3, 0.4) is 0 Å². The number of aromatic nitrogens is 3. The lowest BCUT2D eigenvalue weighted by atomic mass is 10.1. The van der Waals surface area contributed by atoms with Crippen molar-refractivity contribution in [3.05, 3.63) is 50.9 Å². The van der Waals surface area contributed by atoms with Crippen LogP contribution in [0.15, 0.2) is 18.3 Å². The molecule has 0 unspecified atom stereocenters. The molecule has 0 radical (unpaired) electrons. The molecule has 1 fully saturated rings. The number of piperazine rings is 1. The number of nitrogens with one attached hydrogen (secondary N) is 2. The van der Waals surface area contributed by atoms with Gasteiger partial charge in [0, 0.05) is 56.7 Å². The summed E-state index contributed by atoms with van der Waals surface area (Å²) in [5.74, 6) is 0.404. The number of methoxy groups -OCH3 is 3. The highest BCUT2D eigenvalue weighted by Crippen LogP contribution is 2.47. The molecule has 2 aliphatic rings. The van der Waals surface area contributed by atoms with Gasteiger partial charge < -0.3 is 35.1 Å². The standard InChI is InChI=1S/C29H34Cl2N8O5/c1-37-7-9-38(10-8-37)6-5-33-27(40)16-11-18(34-14-16)13-19-21-25(31)35-29(32)36-26(21)39(28(19)41)15-17-12-20(30)23(43-3)24(44-4)22(17)42-2/h11-14,34H,5-10,15H2,1-4H3,(H,33,40)(H2,32,35,36)/b19-13-. The van der Waals surface area contributed by atoms with E-state index in [1.54, 1.807) is 24.4 Å². The van der Waals surface area contributed by atoms with Crippen LogP contribution in [-0.4, -0.2) is 104 Å². The fourth-order valence-corrected chi connectivity index (χ4v) is 5.87. The Morgan fingerprint density at radius 2 is 1.77 bits per heavy atom. The molecular weight excluding hydrogens is 611 g/mol. The first-order chi connectivity index (χ1) is 21.1. The van der Waals surface area contributed by atoms with Gasteiger partial charge in [-0.25, -0.2) is 4.98 Å². The Balaban J connectivity index is 1.39. The summed E-state index contributed by atoms with van der Waals surface area (Å²) in [4.78, 5) is 44.2. The Hall–Kier alpha value is -4.04. The number of nitrogen functional groups attached to an aromatic ring is 1. The zero-order valence-corrected chi connectivity index (χ0v) is 26.4. The van der Waals surface area contributed by atoms with E-state index in [2.05, 4.69) is 37.1 Å². The Kier molecular flexibility index (Phi) is 9.49. The lowest BCUT2D eigenvalue weighted by molar-refractivity contribution is -0.113. The molecule has 0 bridgehead atoms. The van der Waals surface area contributed by atoms with Crippen molar-refractivity contribution in [1.29, 1.82) is 0 Å². The van der Waals surface area contributed by atoms with Crippen LogP contribution in [0.4, 0.5) is 11.8 Å². The van der Waals surface area contributed by atoms with Crippen LogP contribution in [0.5, 0.6) is 17.2 Å². The molecule has 2 aromatic heterocycles. The van der Waals surface area contributed by atoms with Crippen LogP contribution < -0.4 is 30.2 Å². The van der Waals surface area contributed by atoms with E-state index in [1.807, 2.05) is 0 Å². The summed E-state index contributed by atoms with van der Waals surface area (Å²) in [7, 11) is 6.51. The molecule has 1 saturated heterocycles. The highest BCUT2D eigenvalue weighted by Gasteiger charge is 2.38. The number of aromatic amines is 1. The number of likely N-dealkylation sites (N-methyl/N-ethyl adjacent to an activating group) is 1. The van der Waals surface area contributed by atoms with Gasteiger partial charge in [0.2, 0.25) is 11.7 Å². The highest BCUT2D eigenvalue weighted by atomic mass is 35.5. The molecule has 13 nitrogen and oxygen atoms in total. The molecule has 2 aliphatic heterocycles. The van der Waals surface area contributed by atoms with Crippen molar-refractivity contribution in [2.45, 2.75) is 6.54 Å². The van der Waals surface area contributed by atoms with Crippen molar-refractivity contribution in [2.24, 2.45) is 0 Å². The fraction of sp³-hybridized carbons (Fsp3) is 0.379. The van der Waals surface area contributed by atoms with E-state index in [4.69, 9.17) is 43.1 Å². The average molecular weight is 646 g/mol. The minimum atomic E-state index is -0.414. The first-order valence-corrected chi connectivity index (χ1v) is 14.6. The number of hydrogen-bond donors (Lipinski definition) is 3. The second kappa shape index (κ2) is 13.3. The maximum atomic E-state index is 13.9. The number of amides is 2. The maximum Gasteiger partial charge on any atom is 0.260 e. The highest BCUT2D eigenvalue weighted by molar-refractivity contribution is 6.41. The van der Waals surface area contributed by atoms with Gasteiger partial charge in [0.15, 0.2) is 17.3 Å². The van der Waals surface area contributed by atoms with Crippen LogP contribution in [0, 0.1) is 0 Å². The van der Waals surface area contributed by atoms with Gasteiger partial charge in [0.1, 0.15) is 5.15 Å². The average Bonchev–Trinajstić information content (AvgIpc) is 3.57. The quantitative estimate of drug-likeness (QED) is 0.222. The summed E-state index contributed by atoms with van der Waals surface area (Å²) in [5, 5.41) is 3.25. The summed E-state index contributed by atoms with van der Waals surface area (Å²) in [6.07, 6.45) is 3.19. The minimum Gasteiger partial charge on any atom is -0.492 e. The van der Waals surface area contributed by atoms with E-state index in [9.17, 15) is 9.59 Å². The molecule has 15 heteroatoms. The van der Waals surface area contributed by atoms with Crippen LogP contribution in [0.2, 0.25) is 10.2 Å². The van der Waals surface area contributed by atoms with E-state index in [0.717, 1.165) is 32.7 Å². The zero-order valence-electron chi connectivity index (χ0n) is 24.9. The van der Waals surface area contributed by atoms with Gasteiger partial charge >= 0.3 is 0 Å². The summed E-state index contributed by atoms with van der Waals surface area (Å²) in [6, 6.07) is 3.29. The number of H-pyrrole nitrogens is 1. The predicted octanol–water partition coefficient (Wildman–Crippen LogP) is 2.78. The molecule has 2 amide bonds. The molecule has 0 saturated carbocycles. The lowest BCUT2D eigenvalue weighted by Gasteiger charge is -2.32. The fourth-order valence-electron chi connectivity index (χ4n) is 5.31. The number of benzene rings is 1. The normalized spacial score (nSPS) is 16.4. The number of ether oxygens (including phenoxy) is 3. The first kappa shape index (κ1) is 31.4. The topological polar surface area (TPSA) is 151 Å². The van der Waals surface area contributed by atoms with Gasteiger partial charge in [0.25, 0.3) is 11.8 Å². The number of rotatable bonds is 10. The number of carbonyl (C=O) groups is 2. The van der Waals surface area contributed by atoms with Crippen molar-refractivity contribution in [1.82, 2.24) is 30.1 Å². The molecule has 1 aromatic carbocycles. The van der Waals surface area contributed by atoms with E-state index in [1.165, 1.54) is 26.2 Å². The molecule has 0 aliphatic carbocycles. The van der Waals surface area contributed by atoms with Crippen molar-refractivity contribution < 1.29 is 23.8 Å². The Morgan fingerprint density at radius 3 is 2.45 bits per heavy atom. The molecule has 0 atom stereocenters. The number of anilines is 2. The maximum absolute atomic E-state index is 13.9. The number of nitrogens with zero attached hydrogens (tertiary/aromatic N) is 5. The Morgan fingerprint density at radius 1 is 1.07 bits per heavy atom. The van der Waals surface area contributed by atoms with E-state index < -0.39 is 5.91 Å². The molecular formula is C29H34Cl2N8O5. The van der Waals surface area contributed by atoms with Gasteiger partial charge in [-0.3, -0.25) is 19.4 Å². The van der Waals surface area contributed by atoms with E-state index in [-0.39, 0.29) is 45.7 Å². The second-order valence-corrected chi connectivity index (χ2v) is 11.1. The number of halogens is 2. The third-order valence-electron chi connectivity index (χ3n) is 7.60. The number of hydrogen-bond acceptors (Lipinski definition) is 10. The van der Waals surface area contributed by atoms with Gasteiger partial charge in [0.05, 0.1) is 49.6 Å². The second-order valence-electron chi connectivity index (χ2n) is 10.4. The summed E-state index contributed by atoms with van der Waals surface area (Å²) < 4.78 is 16.5. The number of nitrogens with two attached hydrogens (primary N) is 1. The van der Waals surface area contributed by atoms with Crippen LogP contribution in [0.25, 0.3) is 11.6 Å². The van der Waals surface area contributed by atoms with E-state index >= 15 is 0 Å². The van der Waals surface area contributed by atoms with Gasteiger partial charge in [-0.1, -0.05) is 23.2 Å². The Bertz CT molecular complexity index is 1600. The van der Waals surface area contributed by atoms with Gasteiger partial charge in [-0.15, -0.1) is 0 Å². The smallest absolute Gasteiger partial charge is 0.260 e. The summed E-state index contributed by atoms with van der Waals surface area (Å²) in [5.41, 5.74) is 7.93. The lowest BCUT2D eigenvalue weighted by Crippen LogP contribution is -2.46. The van der Waals surface area contributed by atoms with Crippen molar-refractivity contribution in [3.63, 3.8) is 0 Å². The molecule has 3 aromatic rings.